The number of hydrogen-bond donors (Lipinski definition) is 4. The predicted molar refractivity (Wildman–Crippen MR) is 141 cm³/mol. The Bertz CT molecular complexity index is 1030. The fourth-order valence-corrected chi connectivity index (χ4v) is 4.36. The Morgan fingerprint density at radius 1 is 0.625 bits per heavy atom. The van der Waals surface area contributed by atoms with Crippen molar-refractivity contribution in [3.63, 3.8) is 0 Å². The van der Waals surface area contributed by atoms with Crippen LogP contribution in [0.4, 0.5) is 0 Å². The molecule has 12 heteroatoms. The first-order valence-electron chi connectivity index (χ1n) is 13.3. The number of hydroxylamine groups is 2. The summed E-state index contributed by atoms with van der Waals surface area (Å²) in [5, 5.41) is 5.94. The van der Waals surface area contributed by atoms with Gasteiger partial charge in [-0.05, 0) is 36.8 Å². The summed E-state index contributed by atoms with van der Waals surface area (Å²) in [6.45, 7) is 1.59. The summed E-state index contributed by atoms with van der Waals surface area (Å²) in [4.78, 5) is 59.8. The molecule has 4 unspecified atom stereocenters. The first-order chi connectivity index (χ1) is 19.5. The third-order valence-electron chi connectivity index (χ3n) is 6.61. The van der Waals surface area contributed by atoms with Crippen LogP contribution < -0.4 is 21.6 Å². The highest BCUT2D eigenvalue weighted by atomic mass is 16.7. The zero-order chi connectivity index (χ0) is 28.2. The maximum Gasteiger partial charge on any atom is 0.425 e. The van der Waals surface area contributed by atoms with E-state index < -0.39 is 36.0 Å². The Kier molecular flexibility index (Phi) is 11.3. The van der Waals surface area contributed by atoms with Gasteiger partial charge in [0.2, 0.25) is 0 Å². The van der Waals surface area contributed by atoms with E-state index in [2.05, 4.69) is 31.1 Å². The van der Waals surface area contributed by atoms with Gasteiger partial charge in [0.25, 0.3) is 0 Å². The van der Waals surface area contributed by atoms with E-state index in [9.17, 15) is 19.2 Å². The number of piperidine rings is 2. The van der Waals surface area contributed by atoms with Crippen molar-refractivity contribution in [2.75, 3.05) is 13.1 Å². The van der Waals surface area contributed by atoms with E-state index in [1.54, 1.807) is 0 Å². The van der Waals surface area contributed by atoms with Crippen molar-refractivity contribution in [1.29, 1.82) is 0 Å². The Labute approximate surface area is 232 Å². The number of rotatable bonds is 10. The standard InChI is InChI=1S/C28H34N4O8/c33-25(23-13-11-21(15-29-23)31-37-17-19-7-3-1-4-8-19)39-27(35)28(36)40-26(34)24-14-12-22(16-30-24)32-38-18-20-9-5-2-6-10-20/h1-10,21-24,29-32H,11-18H2. The van der Waals surface area contributed by atoms with Crippen LogP contribution in [-0.4, -0.2) is 61.1 Å². The largest absolute Gasteiger partial charge is 0.425 e. The summed E-state index contributed by atoms with van der Waals surface area (Å²) >= 11 is 0. The molecule has 0 radical (unpaired) electrons. The first kappa shape index (κ1) is 29.5. The fourth-order valence-electron chi connectivity index (χ4n) is 4.36. The molecule has 214 valence electrons. The van der Waals surface area contributed by atoms with E-state index in [0.29, 0.717) is 52.0 Å². The summed E-state index contributed by atoms with van der Waals surface area (Å²) in [6.07, 6.45) is 1.89. The molecular weight excluding hydrogens is 520 g/mol. The molecule has 0 saturated carbocycles. The summed E-state index contributed by atoms with van der Waals surface area (Å²) in [7, 11) is 0. The molecule has 0 bridgehead atoms. The molecule has 4 atom stereocenters. The molecule has 0 aromatic heterocycles. The summed E-state index contributed by atoms with van der Waals surface area (Å²) in [6, 6.07) is 17.7. The van der Waals surface area contributed by atoms with Crippen LogP contribution in [0.15, 0.2) is 60.7 Å². The summed E-state index contributed by atoms with van der Waals surface area (Å²) in [5.41, 5.74) is 7.95. The van der Waals surface area contributed by atoms with Crippen LogP contribution in [0.2, 0.25) is 0 Å². The van der Waals surface area contributed by atoms with Gasteiger partial charge < -0.3 is 20.1 Å². The van der Waals surface area contributed by atoms with Crippen molar-refractivity contribution in [3.8, 4) is 0 Å². The number of benzene rings is 2. The molecule has 4 rings (SSSR count). The Hall–Kier alpha value is -3.52. The molecule has 2 aromatic carbocycles. The van der Waals surface area contributed by atoms with Crippen LogP contribution >= 0.6 is 0 Å². The molecule has 2 fully saturated rings. The molecule has 4 N–H and O–H groups in total. The third-order valence-corrected chi connectivity index (χ3v) is 6.61. The van der Waals surface area contributed by atoms with E-state index in [1.807, 2.05) is 60.7 Å². The van der Waals surface area contributed by atoms with E-state index in [0.717, 1.165) is 11.1 Å². The topological polar surface area (TPSA) is 153 Å². The Morgan fingerprint density at radius 2 is 1.02 bits per heavy atom. The molecule has 0 spiro atoms. The lowest BCUT2D eigenvalue weighted by atomic mass is 10.0. The normalized spacial score (nSPS) is 22.7. The molecule has 2 heterocycles. The average molecular weight is 555 g/mol. The van der Waals surface area contributed by atoms with Crippen LogP contribution in [0.25, 0.3) is 0 Å². The number of carbonyl (C=O) groups excluding carboxylic acids is 4. The highest BCUT2D eigenvalue weighted by Crippen LogP contribution is 2.13. The van der Waals surface area contributed by atoms with Crippen molar-refractivity contribution >= 4 is 23.9 Å². The number of esters is 4. The lowest BCUT2D eigenvalue weighted by molar-refractivity contribution is -0.179. The SMILES string of the molecule is O=C(OC(=O)C1CCC(NOCc2ccccc2)CN1)C(=O)OC(=O)C1CCC(NOCc2ccccc2)CN1. The second-order valence-electron chi connectivity index (χ2n) is 9.67. The maximum absolute atomic E-state index is 12.3. The number of nitrogens with one attached hydrogen (secondary N) is 4. The second kappa shape index (κ2) is 15.3. The molecule has 2 aromatic rings. The monoisotopic (exact) mass is 554 g/mol. The van der Waals surface area contributed by atoms with Crippen LogP contribution in [0.3, 0.4) is 0 Å². The quantitative estimate of drug-likeness (QED) is 0.142. The van der Waals surface area contributed by atoms with E-state index in [1.165, 1.54) is 0 Å². The number of ether oxygens (including phenoxy) is 2. The second-order valence-corrected chi connectivity index (χ2v) is 9.67. The molecular formula is C28H34N4O8. The molecule has 2 aliphatic rings. The third kappa shape index (κ3) is 9.30. The van der Waals surface area contributed by atoms with Gasteiger partial charge in [0, 0.05) is 25.2 Å². The van der Waals surface area contributed by atoms with Crippen LogP contribution in [0, 0.1) is 0 Å². The van der Waals surface area contributed by atoms with Gasteiger partial charge in [0.15, 0.2) is 0 Å². The molecule has 12 nitrogen and oxygen atoms in total. The van der Waals surface area contributed by atoms with Crippen molar-refractivity contribution in [2.45, 2.75) is 63.1 Å². The predicted octanol–water partition coefficient (Wildman–Crippen LogP) is 0.810. The molecule has 0 amide bonds. The average Bonchev–Trinajstić information content (AvgIpc) is 2.99. The Balaban J connectivity index is 1.08. The van der Waals surface area contributed by atoms with Crippen LogP contribution in [0.5, 0.6) is 0 Å². The lowest BCUT2D eigenvalue weighted by Gasteiger charge is -2.29. The van der Waals surface area contributed by atoms with Gasteiger partial charge in [-0.15, -0.1) is 0 Å². The van der Waals surface area contributed by atoms with E-state index >= 15 is 0 Å². The summed E-state index contributed by atoms with van der Waals surface area (Å²) < 4.78 is 9.29. The summed E-state index contributed by atoms with van der Waals surface area (Å²) in [5.74, 6) is -4.87. The number of hydrogen-bond acceptors (Lipinski definition) is 12. The smallest absolute Gasteiger partial charge is 0.383 e. The van der Waals surface area contributed by atoms with Crippen molar-refractivity contribution in [1.82, 2.24) is 21.6 Å². The van der Waals surface area contributed by atoms with E-state index in [4.69, 9.17) is 9.68 Å². The Morgan fingerprint density at radius 3 is 1.38 bits per heavy atom. The minimum atomic E-state index is -1.53. The maximum atomic E-state index is 12.3. The van der Waals surface area contributed by atoms with Gasteiger partial charge >= 0.3 is 23.9 Å². The van der Waals surface area contributed by atoms with Crippen LogP contribution in [-0.2, 0) is 51.5 Å². The zero-order valence-electron chi connectivity index (χ0n) is 22.0. The van der Waals surface area contributed by atoms with Gasteiger partial charge in [0.05, 0.1) is 13.2 Å². The van der Waals surface area contributed by atoms with Gasteiger partial charge in [0.1, 0.15) is 12.1 Å². The first-order valence-corrected chi connectivity index (χ1v) is 13.3. The van der Waals surface area contributed by atoms with Crippen molar-refractivity contribution < 1.29 is 38.3 Å². The highest BCUT2D eigenvalue weighted by molar-refractivity contribution is 6.33. The number of carbonyl (C=O) groups is 4. The lowest BCUT2D eigenvalue weighted by Crippen LogP contribution is -2.52. The van der Waals surface area contributed by atoms with Crippen molar-refractivity contribution in [2.24, 2.45) is 0 Å². The van der Waals surface area contributed by atoms with Gasteiger partial charge in [-0.1, -0.05) is 60.7 Å². The van der Waals surface area contributed by atoms with E-state index in [-0.39, 0.29) is 12.1 Å². The van der Waals surface area contributed by atoms with Gasteiger partial charge in [-0.2, -0.15) is 11.0 Å². The minimum Gasteiger partial charge on any atom is -0.383 e. The van der Waals surface area contributed by atoms with Gasteiger partial charge in [-0.25, -0.2) is 19.2 Å². The zero-order valence-corrected chi connectivity index (χ0v) is 22.0. The fraction of sp³-hybridized carbons (Fsp3) is 0.429. The van der Waals surface area contributed by atoms with Gasteiger partial charge in [-0.3, -0.25) is 9.68 Å². The van der Waals surface area contributed by atoms with Crippen LogP contribution in [0.1, 0.15) is 36.8 Å². The molecule has 2 saturated heterocycles. The molecule has 2 aliphatic heterocycles. The molecule has 0 aliphatic carbocycles. The minimum absolute atomic E-state index is 0.0423. The van der Waals surface area contributed by atoms with Crippen molar-refractivity contribution in [3.05, 3.63) is 71.8 Å². The molecule has 40 heavy (non-hydrogen) atoms. The highest BCUT2D eigenvalue weighted by Gasteiger charge is 2.34.